The first-order chi connectivity index (χ1) is 16.8. The number of rotatable bonds is 7. The van der Waals surface area contributed by atoms with Gasteiger partial charge in [-0.1, -0.05) is 0 Å². The maximum Gasteiger partial charge on any atom is 0.254 e. The van der Waals surface area contributed by atoms with Crippen molar-refractivity contribution in [2.45, 2.75) is 48.8 Å². The highest BCUT2D eigenvalue weighted by Crippen LogP contribution is 2.46. The van der Waals surface area contributed by atoms with Gasteiger partial charge in [-0.2, -0.15) is 0 Å². The summed E-state index contributed by atoms with van der Waals surface area (Å²) in [5.41, 5.74) is 1.76. The first-order valence-corrected chi connectivity index (χ1v) is 13.7. The van der Waals surface area contributed by atoms with Gasteiger partial charge in [-0.25, -0.2) is 18.4 Å². The third-order valence-electron chi connectivity index (χ3n) is 7.42. The Morgan fingerprint density at radius 2 is 2.03 bits per heavy atom. The molecule has 0 radical (unpaired) electrons. The minimum atomic E-state index is -3.46. The van der Waals surface area contributed by atoms with Gasteiger partial charge in [0.2, 0.25) is 0 Å². The summed E-state index contributed by atoms with van der Waals surface area (Å²) in [6.07, 6.45) is 5.87. The van der Waals surface area contributed by atoms with Crippen molar-refractivity contribution < 1.29 is 13.2 Å². The van der Waals surface area contributed by atoms with Crippen molar-refractivity contribution in [3.8, 4) is 0 Å². The molecule has 0 bridgehead atoms. The van der Waals surface area contributed by atoms with E-state index < -0.39 is 15.1 Å². The van der Waals surface area contributed by atoms with Crippen LogP contribution in [0.1, 0.15) is 42.1 Å². The van der Waals surface area contributed by atoms with Gasteiger partial charge >= 0.3 is 0 Å². The van der Waals surface area contributed by atoms with E-state index in [0.717, 1.165) is 36.2 Å². The lowest BCUT2D eigenvalue weighted by Gasteiger charge is -2.43. The predicted octanol–water partition coefficient (Wildman–Crippen LogP) is 2.53. The number of hydrogen-bond donors (Lipinski definition) is 2. The van der Waals surface area contributed by atoms with E-state index in [4.69, 9.17) is 0 Å². The molecule has 2 fully saturated rings. The Balaban J connectivity index is 1.35. The van der Waals surface area contributed by atoms with E-state index in [1.54, 1.807) is 38.4 Å². The van der Waals surface area contributed by atoms with Gasteiger partial charge < -0.3 is 20.1 Å². The summed E-state index contributed by atoms with van der Waals surface area (Å²) in [5, 5.41) is 3.50. The number of carbonyl (C=O) groups excluding carboxylic acids is 1. The van der Waals surface area contributed by atoms with Gasteiger partial charge in [0, 0.05) is 31.4 Å². The number of benzene rings is 1. The zero-order chi connectivity index (χ0) is 24.8. The third kappa shape index (κ3) is 4.18. The predicted molar refractivity (Wildman–Crippen MR) is 135 cm³/mol. The Bertz CT molecular complexity index is 1360. The van der Waals surface area contributed by atoms with Crippen LogP contribution in [-0.4, -0.2) is 78.2 Å². The second-order valence-corrected chi connectivity index (χ2v) is 12.1. The summed E-state index contributed by atoms with van der Waals surface area (Å²) in [6, 6.07) is 6.99. The molecule has 1 aliphatic heterocycles. The summed E-state index contributed by atoms with van der Waals surface area (Å²) in [4.78, 5) is 30.1. The van der Waals surface area contributed by atoms with E-state index in [1.165, 1.54) is 0 Å². The molecule has 1 aliphatic carbocycles. The van der Waals surface area contributed by atoms with Crippen molar-refractivity contribution >= 4 is 32.6 Å². The van der Waals surface area contributed by atoms with Crippen molar-refractivity contribution in [2.24, 2.45) is 0 Å². The van der Waals surface area contributed by atoms with E-state index in [2.05, 4.69) is 25.2 Å². The van der Waals surface area contributed by atoms with Gasteiger partial charge in [-0.05, 0) is 76.5 Å². The molecule has 1 amide bonds. The Hall–Kier alpha value is -2.98. The number of nitrogens with zero attached hydrogens (tertiary/aromatic N) is 4. The molecule has 9 nitrogen and oxygen atoms in total. The number of piperazine rings is 1. The first kappa shape index (κ1) is 23.7. The van der Waals surface area contributed by atoms with Crippen LogP contribution in [0.4, 0.5) is 5.82 Å². The number of aryl methyl sites for hydroxylation is 1. The van der Waals surface area contributed by atoms with Crippen LogP contribution in [0.25, 0.3) is 11.0 Å². The number of aromatic amines is 1. The number of anilines is 1. The van der Waals surface area contributed by atoms with Gasteiger partial charge in [0.15, 0.2) is 9.84 Å². The fourth-order valence-corrected chi connectivity index (χ4v) is 6.76. The van der Waals surface area contributed by atoms with Crippen molar-refractivity contribution in [1.82, 2.24) is 25.2 Å². The van der Waals surface area contributed by atoms with Crippen LogP contribution in [-0.2, 0) is 9.84 Å². The number of carbonyl (C=O) groups is 1. The fraction of sp³-hybridized carbons (Fsp3) is 0.480. The zero-order valence-electron chi connectivity index (χ0n) is 20.4. The molecule has 3 aromatic rings. The summed E-state index contributed by atoms with van der Waals surface area (Å²) in [6.45, 7) is 6.14. The molecule has 2 aromatic heterocycles. The van der Waals surface area contributed by atoms with Crippen LogP contribution < -0.4 is 10.2 Å². The second kappa shape index (κ2) is 8.91. The largest absolute Gasteiger partial charge is 0.352 e. The lowest BCUT2D eigenvalue weighted by molar-refractivity contribution is 0.0624. The molecule has 1 atom stereocenters. The molecule has 35 heavy (non-hydrogen) atoms. The van der Waals surface area contributed by atoms with Crippen LogP contribution in [0.5, 0.6) is 0 Å². The number of amides is 1. The van der Waals surface area contributed by atoms with Crippen LogP contribution in [0.15, 0.2) is 41.7 Å². The van der Waals surface area contributed by atoms with E-state index in [-0.39, 0.29) is 11.4 Å². The Labute approximate surface area is 205 Å². The van der Waals surface area contributed by atoms with Crippen molar-refractivity contribution in [2.75, 3.05) is 38.1 Å². The molecule has 1 saturated heterocycles. The molecule has 5 rings (SSSR count). The van der Waals surface area contributed by atoms with Gasteiger partial charge in [0.1, 0.15) is 17.8 Å². The molecule has 2 N–H and O–H groups in total. The smallest absolute Gasteiger partial charge is 0.254 e. The van der Waals surface area contributed by atoms with E-state index in [9.17, 15) is 13.2 Å². The molecular weight excluding hydrogens is 464 g/mol. The van der Waals surface area contributed by atoms with Crippen molar-refractivity contribution in [3.05, 3.63) is 47.9 Å². The summed E-state index contributed by atoms with van der Waals surface area (Å²) in [5.74, 6) is 0.860. The molecule has 186 valence electrons. The second-order valence-electron chi connectivity index (χ2n) is 9.77. The molecule has 1 unspecified atom stereocenters. The lowest BCUT2D eigenvalue weighted by atomic mass is 10.1. The molecule has 1 saturated carbocycles. The Morgan fingerprint density at radius 3 is 2.74 bits per heavy atom. The van der Waals surface area contributed by atoms with Crippen LogP contribution in [0.2, 0.25) is 0 Å². The molecule has 1 aromatic carbocycles. The minimum Gasteiger partial charge on any atom is -0.352 e. The van der Waals surface area contributed by atoms with Crippen LogP contribution >= 0.6 is 0 Å². The average Bonchev–Trinajstić information content (AvgIpc) is 3.42. The lowest BCUT2D eigenvalue weighted by Crippen LogP contribution is -2.57. The van der Waals surface area contributed by atoms with Crippen LogP contribution in [0, 0.1) is 6.92 Å². The SMILES string of the molecule is CNCCC(C)S(=O)(=O)c1ccc(C(=O)N2CCN(c3ncnc4[nH]ccc34)CC23CC3)cc1C. The van der Waals surface area contributed by atoms with Crippen molar-refractivity contribution in [1.29, 1.82) is 0 Å². The van der Waals surface area contributed by atoms with Gasteiger partial charge in [0.25, 0.3) is 5.91 Å². The van der Waals surface area contributed by atoms with E-state index >= 15 is 0 Å². The fourth-order valence-electron chi connectivity index (χ4n) is 5.14. The molecule has 1 spiro atoms. The standard InChI is InChI=1S/C25H32N6O3S/c1-17-14-19(4-5-21(17)35(33,34)18(2)6-10-26-3)24(32)31-13-12-30(15-25(31)8-9-25)23-20-7-11-27-22(20)28-16-29-23/h4-5,7,11,14,16,18,26H,6,8-10,12-13,15H2,1-3H3,(H,27,28,29). The van der Waals surface area contributed by atoms with Crippen molar-refractivity contribution in [3.63, 3.8) is 0 Å². The first-order valence-electron chi connectivity index (χ1n) is 12.1. The summed E-state index contributed by atoms with van der Waals surface area (Å²) < 4.78 is 26.1. The third-order valence-corrected chi connectivity index (χ3v) is 9.78. The molecule has 3 heterocycles. The highest BCUT2D eigenvalue weighted by atomic mass is 32.2. The van der Waals surface area contributed by atoms with Gasteiger partial charge in [0.05, 0.1) is 21.1 Å². The normalized spacial score (nSPS) is 18.3. The molecule has 2 aliphatic rings. The van der Waals surface area contributed by atoms with Gasteiger partial charge in [-0.3, -0.25) is 4.79 Å². The highest BCUT2D eigenvalue weighted by molar-refractivity contribution is 7.92. The number of sulfone groups is 1. The topological polar surface area (TPSA) is 111 Å². The summed E-state index contributed by atoms with van der Waals surface area (Å²) >= 11 is 0. The van der Waals surface area contributed by atoms with Gasteiger partial charge in [-0.15, -0.1) is 0 Å². The van der Waals surface area contributed by atoms with E-state index in [1.807, 2.05) is 24.2 Å². The van der Waals surface area contributed by atoms with Crippen LogP contribution in [0.3, 0.4) is 0 Å². The maximum absolute atomic E-state index is 13.6. The Kier molecular flexibility index (Phi) is 6.04. The molecular formula is C25H32N6O3S. The quantitative estimate of drug-likeness (QED) is 0.517. The summed E-state index contributed by atoms with van der Waals surface area (Å²) in [7, 11) is -1.65. The Morgan fingerprint density at radius 1 is 1.23 bits per heavy atom. The number of hydrogen-bond acceptors (Lipinski definition) is 7. The molecule has 10 heteroatoms. The number of aromatic nitrogens is 3. The number of nitrogens with one attached hydrogen (secondary N) is 2. The average molecular weight is 497 g/mol. The number of fused-ring (bicyclic) bond motifs is 1. The highest BCUT2D eigenvalue weighted by Gasteiger charge is 2.53. The minimum absolute atomic E-state index is 0.0353. The number of H-pyrrole nitrogens is 1. The van der Waals surface area contributed by atoms with E-state index in [0.29, 0.717) is 42.1 Å². The maximum atomic E-state index is 13.6. The zero-order valence-corrected chi connectivity index (χ0v) is 21.2. The monoisotopic (exact) mass is 496 g/mol.